The van der Waals surface area contributed by atoms with Crippen LogP contribution in [0.1, 0.15) is 23.2 Å². The summed E-state index contributed by atoms with van der Waals surface area (Å²) in [4.78, 5) is 15.2. The molecule has 1 aromatic heterocycles. The molecule has 0 saturated carbocycles. The first-order valence-corrected chi connectivity index (χ1v) is 6.14. The highest BCUT2D eigenvalue weighted by molar-refractivity contribution is 6.31. The van der Waals surface area contributed by atoms with Crippen molar-refractivity contribution < 1.29 is 9.90 Å². The van der Waals surface area contributed by atoms with Crippen LogP contribution in [0, 0.1) is 13.8 Å². The first kappa shape index (κ1) is 12.8. The van der Waals surface area contributed by atoms with Crippen molar-refractivity contribution >= 4 is 28.5 Å². The number of aliphatic carboxylic acids is 1. The van der Waals surface area contributed by atoms with Crippen LogP contribution in [0.4, 0.5) is 0 Å². The molecule has 0 radical (unpaired) electrons. The van der Waals surface area contributed by atoms with Gasteiger partial charge >= 0.3 is 5.97 Å². The van der Waals surface area contributed by atoms with Gasteiger partial charge in [-0.3, -0.25) is 9.78 Å². The van der Waals surface area contributed by atoms with Crippen LogP contribution < -0.4 is 0 Å². The summed E-state index contributed by atoms with van der Waals surface area (Å²) in [5.74, 6) is -0.792. The lowest BCUT2D eigenvalue weighted by Crippen LogP contribution is -2.03. The largest absolute Gasteiger partial charge is 0.481 e. The van der Waals surface area contributed by atoms with E-state index in [9.17, 15) is 4.79 Å². The van der Waals surface area contributed by atoms with Gasteiger partial charge < -0.3 is 5.11 Å². The Labute approximate surface area is 110 Å². The number of rotatable bonds is 3. The minimum atomic E-state index is -0.792. The predicted octanol–water partition coefficient (Wildman–Crippen LogP) is 3.52. The van der Waals surface area contributed by atoms with Crippen molar-refractivity contribution in [3.8, 4) is 0 Å². The number of fused-ring (bicyclic) bond motifs is 1. The van der Waals surface area contributed by atoms with Gasteiger partial charge in [-0.1, -0.05) is 11.6 Å². The topological polar surface area (TPSA) is 50.2 Å². The Bertz CT molecular complexity index is 623. The quantitative estimate of drug-likeness (QED) is 0.922. The van der Waals surface area contributed by atoms with Crippen LogP contribution in [-0.2, 0) is 11.2 Å². The number of hydrogen-bond donors (Lipinski definition) is 1. The molecular formula is C14H14ClNO2. The number of carboxylic acids is 1. The summed E-state index contributed by atoms with van der Waals surface area (Å²) in [7, 11) is 0. The molecule has 0 bridgehead atoms. The van der Waals surface area contributed by atoms with Gasteiger partial charge in [0.15, 0.2) is 0 Å². The van der Waals surface area contributed by atoms with E-state index >= 15 is 0 Å². The maximum absolute atomic E-state index is 10.7. The molecule has 18 heavy (non-hydrogen) atoms. The second kappa shape index (κ2) is 4.94. The van der Waals surface area contributed by atoms with E-state index in [0.29, 0.717) is 11.4 Å². The molecule has 0 atom stereocenters. The van der Waals surface area contributed by atoms with Crippen LogP contribution in [0.15, 0.2) is 18.2 Å². The highest BCUT2D eigenvalue weighted by atomic mass is 35.5. The van der Waals surface area contributed by atoms with Gasteiger partial charge in [0.05, 0.1) is 5.52 Å². The monoisotopic (exact) mass is 263 g/mol. The van der Waals surface area contributed by atoms with Crippen LogP contribution in [0.3, 0.4) is 0 Å². The third-order valence-electron chi connectivity index (χ3n) is 3.13. The van der Waals surface area contributed by atoms with Crippen molar-refractivity contribution in [3.63, 3.8) is 0 Å². The van der Waals surface area contributed by atoms with Crippen LogP contribution in [0.5, 0.6) is 0 Å². The maximum atomic E-state index is 10.7. The molecule has 0 saturated heterocycles. The van der Waals surface area contributed by atoms with Gasteiger partial charge in [0.2, 0.25) is 0 Å². The minimum Gasteiger partial charge on any atom is -0.481 e. The second-order valence-electron chi connectivity index (χ2n) is 4.36. The SMILES string of the molecule is Cc1nc2ccc(Cl)cc2c(C)c1CCC(=O)O. The van der Waals surface area contributed by atoms with Gasteiger partial charge in [0.1, 0.15) is 0 Å². The molecule has 0 fully saturated rings. The van der Waals surface area contributed by atoms with Crippen molar-refractivity contribution in [1.82, 2.24) is 4.98 Å². The zero-order valence-electron chi connectivity index (χ0n) is 10.3. The van der Waals surface area contributed by atoms with Gasteiger partial charge in [-0.2, -0.15) is 0 Å². The Kier molecular flexibility index (Phi) is 3.53. The first-order chi connectivity index (χ1) is 8.49. The highest BCUT2D eigenvalue weighted by Crippen LogP contribution is 2.26. The van der Waals surface area contributed by atoms with Crippen molar-refractivity contribution in [1.29, 1.82) is 0 Å². The number of carboxylic acid groups (broad SMARTS) is 1. The van der Waals surface area contributed by atoms with Gasteiger partial charge in [-0.25, -0.2) is 0 Å². The molecule has 2 rings (SSSR count). The minimum absolute atomic E-state index is 0.120. The molecular weight excluding hydrogens is 250 g/mol. The second-order valence-corrected chi connectivity index (χ2v) is 4.79. The Morgan fingerprint density at radius 1 is 1.39 bits per heavy atom. The molecule has 0 amide bonds. The molecule has 0 aliphatic rings. The fraction of sp³-hybridized carbons (Fsp3) is 0.286. The average molecular weight is 264 g/mol. The van der Waals surface area contributed by atoms with Gasteiger partial charge in [-0.05, 0) is 49.6 Å². The van der Waals surface area contributed by atoms with Crippen LogP contribution in [0.2, 0.25) is 5.02 Å². The van der Waals surface area contributed by atoms with E-state index in [1.54, 1.807) is 0 Å². The summed E-state index contributed by atoms with van der Waals surface area (Å²) in [6, 6.07) is 5.58. The lowest BCUT2D eigenvalue weighted by atomic mass is 9.98. The van der Waals surface area contributed by atoms with E-state index in [1.165, 1.54) is 0 Å². The Balaban J connectivity index is 2.56. The number of hydrogen-bond acceptors (Lipinski definition) is 2. The lowest BCUT2D eigenvalue weighted by molar-refractivity contribution is -0.136. The van der Waals surface area contributed by atoms with Gasteiger partial charge in [0.25, 0.3) is 0 Å². The molecule has 1 aromatic carbocycles. The van der Waals surface area contributed by atoms with E-state index in [-0.39, 0.29) is 6.42 Å². The normalized spacial score (nSPS) is 10.8. The lowest BCUT2D eigenvalue weighted by Gasteiger charge is -2.11. The zero-order chi connectivity index (χ0) is 13.3. The van der Waals surface area contributed by atoms with E-state index in [2.05, 4.69) is 4.98 Å². The number of aromatic nitrogens is 1. The molecule has 1 heterocycles. The molecule has 0 spiro atoms. The molecule has 0 aliphatic heterocycles. The summed E-state index contributed by atoms with van der Waals surface area (Å²) < 4.78 is 0. The smallest absolute Gasteiger partial charge is 0.303 e. The van der Waals surface area contributed by atoms with Crippen molar-refractivity contribution in [3.05, 3.63) is 40.0 Å². The first-order valence-electron chi connectivity index (χ1n) is 5.76. The summed E-state index contributed by atoms with van der Waals surface area (Å²) >= 11 is 5.99. The Morgan fingerprint density at radius 2 is 2.11 bits per heavy atom. The van der Waals surface area contributed by atoms with E-state index < -0.39 is 5.97 Å². The number of aryl methyl sites for hydroxylation is 2. The molecule has 0 aliphatic carbocycles. The molecule has 0 unspecified atom stereocenters. The standard InChI is InChI=1S/C14H14ClNO2/c1-8-11(4-6-14(17)18)9(2)16-13-5-3-10(15)7-12(8)13/h3,5,7H,4,6H2,1-2H3,(H,17,18). The molecule has 1 N–H and O–H groups in total. The van der Waals surface area contributed by atoms with Gasteiger partial charge in [0, 0.05) is 22.5 Å². The number of pyridine rings is 1. The number of halogens is 1. The van der Waals surface area contributed by atoms with Crippen molar-refractivity contribution in [2.24, 2.45) is 0 Å². The van der Waals surface area contributed by atoms with E-state index in [4.69, 9.17) is 16.7 Å². The van der Waals surface area contributed by atoms with Crippen LogP contribution in [-0.4, -0.2) is 16.1 Å². The fourth-order valence-electron chi connectivity index (χ4n) is 2.19. The van der Waals surface area contributed by atoms with E-state index in [0.717, 1.165) is 27.7 Å². The maximum Gasteiger partial charge on any atom is 0.303 e. The number of benzene rings is 1. The summed E-state index contributed by atoms with van der Waals surface area (Å²) in [6.07, 6.45) is 0.623. The third kappa shape index (κ3) is 2.46. The molecule has 3 nitrogen and oxygen atoms in total. The number of nitrogens with zero attached hydrogens (tertiary/aromatic N) is 1. The van der Waals surface area contributed by atoms with Crippen LogP contribution >= 0.6 is 11.6 Å². The van der Waals surface area contributed by atoms with Gasteiger partial charge in [-0.15, -0.1) is 0 Å². The predicted molar refractivity (Wildman–Crippen MR) is 72.2 cm³/mol. The van der Waals surface area contributed by atoms with E-state index in [1.807, 2.05) is 32.0 Å². The average Bonchev–Trinajstić information content (AvgIpc) is 2.30. The van der Waals surface area contributed by atoms with Crippen molar-refractivity contribution in [2.75, 3.05) is 0 Å². The van der Waals surface area contributed by atoms with Crippen molar-refractivity contribution in [2.45, 2.75) is 26.7 Å². The third-order valence-corrected chi connectivity index (χ3v) is 3.36. The molecule has 94 valence electrons. The fourth-order valence-corrected chi connectivity index (χ4v) is 2.36. The number of carbonyl (C=O) groups is 1. The Hall–Kier alpha value is -1.61. The summed E-state index contributed by atoms with van der Waals surface area (Å²) in [5.41, 5.74) is 3.87. The van der Waals surface area contributed by atoms with Crippen LogP contribution in [0.25, 0.3) is 10.9 Å². The summed E-state index contributed by atoms with van der Waals surface area (Å²) in [5, 5.41) is 10.4. The summed E-state index contributed by atoms with van der Waals surface area (Å²) in [6.45, 7) is 3.91. The highest BCUT2D eigenvalue weighted by Gasteiger charge is 2.11. The Morgan fingerprint density at radius 3 is 2.78 bits per heavy atom. The molecule has 4 heteroatoms. The molecule has 2 aromatic rings. The zero-order valence-corrected chi connectivity index (χ0v) is 11.1.